The second kappa shape index (κ2) is 4.05. The summed E-state index contributed by atoms with van der Waals surface area (Å²) in [5.41, 5.74) is 0. The van der Waals surface area contributed by atoms with Crippen molar-refractivity contribution in [2.75, 3.05) is 6.61 Å². The fourth-order valence-corrected chi connectivity index (χ4v) is 1.06. The first-order chi connectivity index (χ1) is 5.33. The van der Waals surface area contributed by atoms with Crippen molar-refractivity contribution >= 4 is 15.9 Å². The zero-order valence-electron chi connectivity index (χ0n) is 5.88. The zero-order valence-corrected chi connectivity index (χ0v) is 7.47. The Labute approximate surface area is 74.5 Å². The van der Waals surface area contributed by atoms with E-state index in [1.54, 1.807) is 0 Å². The van der Waals surface area contributed by atoms with E-state index in [9.17, 15) is 0 Å². The first-order valence-corrected chi connectivity index (χ1v) is 3.94. The second-order valence-corrected chi connectivity index (χ2v) is 2.87. The van der Waals surface area contributed by atoms with Crippen LogP contribution in [0.1, 0.15) is 0 Å². The third kappa shape index (κ3) is 2.65. The lowest BCUT2D eigenvalue weighted by Crippen LogP contribution is -1.92. The molecule has 0 atom stereocenters. The highest BCUT2D eigenvalue weighted by Crippen LogP contribution is 2.17. The molecule has 56 valence electrons. The summed E-state index contributed by atoms with van der Waals surface area (Å²) in [6.45, 7) is 0.316. The first kappa shape index (κ1) is 8.16. The molecule has 11 heavy (non-hydrogen) atoms. The Morgan fingerprint density at radius 3 is 3.00 bits per heavy atom. The van der Waals surface area contributed by atoms with Crippen molar-refractivity contribution < 1.29 is 4.74 Å². The normalized spacial score (nSPS) is 8.73. The van der Waals surface area contributed by atoms with Crippen molar-refractivity contribution in [1.29, 1.82) is 0 Å². The molecule has 0 saturated carbocycles. The van der Waals surface area contributed by atoms with Gasteiger partial charge in [-0.1, -0.05) is 27.9 Å². The summed E-state index contributed by atoms with van der Waals surface area (Å²) >= 11 is 3.32. The monoisotopic (exact) mass is 210 g/mol. The molecule has 0 spiro atoms. The van der Waals surface area contributed by atoms with E-state index in [-0.39, 0.29) is 0 Å². The Morgan fingerprint density at radius 2 is 2.36 bits per heavy atom. The van der Waals surface area contributed by atoms with Crippen molar-refractivity contribution in [2.24, 2.45) is 0 Å². The van der Waals surface area contributed by atoms with Crippen LogP contribution in [0.4, 0.5) is 0 Å². The Bertz CT molecular complexity index is 275. The van der Waals surface area contributed by atoms with Crippen LogP contribution in [0.15, 0.2) is 28.7 Å². The lowest BCUT2D eigenvalue weighted by molar-refractivity contribution is 0.370. The maximum absolute atomic E-state index is 5.17. The van der Waals surface area contributed by atoms with Gasteiger partial charge in [0.05, 0.1) is 0 Å². The lowest BCUT2D eigenvalue weighted by atomic mass is 10.3. The van der Waals surface area contributed by atoms with Crippen molar-refractivity contribution in [1.82, 2.24) is 0 Å². The van der Waals surface area contributed by atoms with E-state index in [1.807, 2.05) is 24.3 Å². The maximum Gasteiger partial charge on any atom is 0.148 e. The van der Waals surface area contributed by atoms with Gasteiger partial charge in [-0.3, -0.25) is 0 Å². The molecule has 0 heterocycles. The van der Waals surface area contributed by atoms with Crippen LogP contribution in [0.25, 0.3) is 0 Å². The first-order valence-electron chi connectivity index (χ1n) is 3.15. The van der Waals surface area contributed by atoms with Gasteiger partial charge in [-0.15, -0.1) is 6.42 Å². The SMILES string of the molecule is C#CCOc1cccc(Br)c1. The van der Waals surface area contributed by atoms with Crippen LogP contribution in [0.3, 0.4) is 0 Å². The van der Waals surface area contributed by atoms with E-state index in [0.29, 0.717) is 6.61 Å². The Hall–Kier alpha value is -0.940. The number of terminal acetylenes is 1. The van der Waals surface area contributed by atoms with Gasteiger partial charge in [0.2, 0.25) is 0 Å². The number of halogens is 1. The van der Waals surface area contributed by atoms with Crippen LogP contribution in [-0.4, -0.2) is 6.61 Å². The number of hydrogen-bond donors (Lipinski definition) is 0. The highest BCUT2D eigenvalue weighted by Gasteiger charge is 1.91. The minimum absolute atomic E-state index is 0.316. The highest BCUT2D eigenvalue weighted by atomic mass is 79.9. The van der Waals surface area contributed by atoms with Crippen LogP contribution >= 0.6 is 15.9 Å². The summed E-state index contributed by atoms with van der Waals surface area (Å²) in [6, 6.07) is 7.57. The van der Waals surface area contributed by atoms with Gasteiger partial charge >= 0.3 is 0 Å². The molecule has 0 radical (unpaired) electrons. The molecule has 0 amide bonds. The van der Waals surface area contributed by atoms with Crippen LogP contribution in [0.2, 0.25) is 0 Å². The zero-order chi connectivity index (χ0) is 8.10. The molecule has 0 unspecified atom stereocenters. The van der Waals surface area contributed by atoms with E-state index in [1.165, 1.54) is 0 Å². The van der Waals surface area contributed by atoms with Gasteiger partial charge in [-0.2, -0.15) is 0 Å². The standard InChI is InChI=1S/C9H7BrO/c1-2-6-11-9-5-3-4-8(10)7-9/h1,3-5,7H,6H2. The van der Waals surface area contributed by atoms with Crippen LogP contribution in [-0.2, 0) is 0 Å². The van der Waals surface area contributed by atoms with E-state index in [2.05, 4.69) is 21.9 Å². The number of rotatable bonds is 2. The molecule has 0 saturated heterocycles. The van der Waals surface area contributed by atoms with Crippen molar-refractivity contribution in [2.45, 2.75) is 0 Å². The van der Waals surface area contributed by atoms with Gasteiger partial charge in [-0.05, 0) is 18.2 Å². The Kier molecular flexibility index (Phi) is 3.00. The van der Waals surface area contributed by atoms with Gasteiger partial charge in [0.15, 0.2) is 0 Å². The largest absolute Gasteiger partial charge is 0.481 e. The summed E-state index contributed by atoms with van der Waals surface area (Å²) in [7, 11) is 0. The van der Waals surface area contributed by atoms with Gasteiger partial charge < -0.3 is 4.74 Å². The molecule has 0 aliphatic rings. The third-order valence-electron chi connectivity index (χ3n) is 1.12. The number of benzene rings is 1. The van der Waals surface area contributed by atoms with Crippen LogP contribution < -0.4 is 4.74 Å². The smallest absolute Gasteiger partial charge is 0.148 e. The minimum Gasteiger partial charge on any atom is -0.481 e. The summed E-state index contributed by atoms with van der Waals surface area (Å²) in [6.07, 6.45) is 5.03. The van der Waals surface area contributed by atoms with E-state index >= 15 is 0 Å². The van der Waals surface area contributed by atoms with E-state index < -0.39 is 0 Å². The van der Waals surface area contributed by atoms with Gasteiger partial charge in [0.1, 0.15) is 12.4 Å². The van der Waals surface area contributed by atoms with Crippen molar-refractivity contribution in [3.63, 3.8) is 0 Å². The van der Waals surface area contributed by atoms with Gasteiger partial charge in [0, 0.05) is 4.47 Å². The molecule has 0 aliphatic heterocycles. The molecule has 0 aromatic heterocycles. The fraction of sp³-hybridized carbons (Fsp3) is 0.111. The minimum atomic E-state index is 0.316. The molecule has 2 heteroatoms. The predicted octanol–water partition coefficient (Wildman–Crippen LogP) is 2.46. The molecule has 0 N–H and O–H groups in total. The Morgan fingerprint density at radius 1 is 1.55 bits per heavy atom. The number of hydrogen-bond acceptors (Lipinski definition) is 1. The van der Waals surface area contributed by atoms with Crippen molar-refractivity contribution in [3.05, 3.63) is 28.7 Å². The second-order valence-electron chi connectivity index (χ2n) is 1.95. The van der Waals surface area contributed by atoms with Crippen LogP contribution in [0.5, 0.6) is 5.75 Å². The van der Waals surface area contributed by atoms with E-state index in [0.717, 1.165) is 10.2 Å². The Balaban J connectivity index is 2.65. The molecular formula is C9H7BrO. The summed E-state index contributed by atoms with van der Waals surface area (Å²) in [5.74, 6) is 3.19. The average molecular weight is 211 g/mol. The van der Waals surface area contributed by atoms with Crippen LogP contribution in [0, 0.1) is 12.3 Å². The van der Waals surface area contributed by atoms with E-state index in [4.69, 9.17) is 11.2 Å². The maximum atomic E-state index is 5.17. The third-order valence-corrected chi connectivity index (χ3v) is 1.61. The molecule has 1 aromatic carbocycles. The molecule has 1 nitrogen and oxygen atoms in total. The van der Waals surface area contributed by atoms with Crippen molar-refractivity contribution in [3.8, 4) is 18.1 Å². The highest BCUT2D eigenvalue weighted by molar-refractivity contribution is 9.10. The topological polar surface area (TPSA) is 9.23 Å². The van der Waals surface area contributed by atoms with Gasteiger partial charge in [0.25, 0.3) is 0 Å². The lowest BCUT2D eigenvalue weighted by Gasteiger charge is -2.00. The molecule has 1 rings (SSSR count). The summed E-state index contributed by atoms with van der Waals surface area (Å²) in [4.78, 5) is 0. The molecular weight excluding hydrogens is 204 g/mol. The average Bonchev–Trinajstić information content (AvgIpc) is 2.01. The quantitative estimate of drug-likeness (QED) is 0.682. The predicted molar refractivity (Wildman–Crippen MR) is 48.5 cm³/mol. The molecule has 0 fully saturated rings. The summed E-state index contributed by atoms with van der Waals surface area (Å²) in [5, 5.41) is 0. The number of ether oxygens (including phenoxy) is 1. The molecule has 0 bridgehead atoms. The molecule has 0 aliphatic carbocycles. The molecule has 1 aromatic rings. The fourth-order valence-electron chi connectivity index (χ4n) is 0.682. The summed E-state index contributed by atoms with van der Waals surface area (Å²) < 4.78 is 6.16. The van der Waals surface area contributed by atoms with Gasteiger partial charge in [-0.25, -0.2) is 0 Å².